The third kappa shape index (κ3) is 4.82. The van der Waals surface area contributed by atoms with E-state index in [2.05, 4.69) is 11.9 Å². The first-order valence-electron chi connectivity index (χ1n) is 11.8. The summed E-state index contributed by atoms with van der Waals surface area (Å²) in [5.41, 5.74) is 1.30. The van der Waals surface area contributed by atoms with Crippen LogP contribution in [0.2, 0.25) is 0 Å². The number of carbonyl (C=O) groups is 1. The van der Waals surface area contributed by atoms with E-state index in [1.165, 1.54) is 23.5 Å². The molecular weight excluding hydrogens is 470 g/mol. The van der Waals surface area contributed by atoms with E-state index in [1.54, 1.807) is 16.4 Å². The minimum Gasteiger partial charge on any atom is -0.492 e. The molecule has 1 aromatic heterocycles. The standard InChI is InChI=1S/C25H31N3O4S2/c1-4-16-27-23-21(32-5-2)10-8-11-22(23)33-25(27)26-24(29)19-12-14-20(15-13-19)34(30,31)28-17-7-6-9-18(28)3/h8,10-15,18H,4-7,9,16-17H2,1-3H3. The molecule has 0 N–H and O–H groups in total. The first-order valence-corrected chi connectivity index (χ1v) is 14.1. The first kappa shape index (κ1) is 24.6. The molecule has 2 heterocycles. The number of benzene rings is 2. The third-order valence-corrected chi connectivity index (χ3v) is 9.13. The summed E-state index contributed by atoms with van der Waals surface area (Å²) in [5, 5.41) is 0. The van der Waals surface area contributed by atoms with Crippen LogP contribution in [-0.2, 0) is 16.6 Å². The predicted octanol–water partition coefficient (Wildman–Crippen LogP) is 4.82. The minimum atomic E-state index is -3.58. The Labute approximate surface area is 204 Å². The van der Waals surface area contributed by atoms with Crippen molar-refractivity contribution in [1.82, 2.24) is 8.87 Å². The summed E-state index contributed by atoms with van der Waals surface area (Å²) < 4.78 is 36.6. The number of aryl methyl sites for hydroxylation is 1. The van der Waals surface area contributed by atoms with Gasteiger partial charge in [0.1, 0.15) is 11.3 Å². The van der Waals surface area contributed by atoms with Crippen LogP contribution in [0.5, 0.6) is 5.75 Å². The number of nitrogens with zero attached hydrogens (tertiary/aromatic N) is 3. The highest BCUT2D eigenvalue weighted by atomic mass is 32.2. The average Bonchev–Trinajstić information content (AvgIpc) is 3.17. The van der Waals surface area contributed by atoms with Crippen molar-refractivity contribution in [1.29, 1.82) is 0 Å². The number of thiazole rings is 1. The summed E-state index contributed by atoms with van der Waals surface area (Å²) in [6.45, 7) is 7.76. The maximum Gasteiger partial charge on any atom is 0.279 e. The lowest BCUT2D eigenvalue weighted by Crippen LogP contribution is -2.41. The number of fused-ring (bicyclic) bond motifs is 1. The molecule has 0 radical (unpaired) electrons. The van der Waals surface area contributed by atoms with Crippen molar-refractivity contribution >= 4 is 37.5 Å². The molecule has 7 nitrogen and oxygen atoms in total. The summed E-state index contributed by atoms with van der Waals surface area (Å²) in [4.78, 5) is 18.2. The number of piperidine rings is 1. The third-order valence-electron chi connectivity index (χ3n) is 6.06. The fourth-order valence-corrected chi connectivity index (χ4v) is 7.14. The fraction of sp³-hybridized carbons (Fsp3) is 0.440. The van der Waals surface area contributed by atoms with Gasteiger partial charge in [-0.1, -0.05) is 30.7 Å². The van der Waals surface area contributed by atoms with Crippen LogP contribution >= 0.6 is 11.3 Å². The molecule has 0 bridgehead atoms. The van der Waals surface area contributed by atoms with Crippen molar-refractivity contribution in [2.75, 3.05) is 13.2 Å². The van der Waals surface area contributed by atoms with E-state index >= 15 is 0 Å². The zero-order valence-corrected chi connectivity index (χ0v) is 21.5. The normalized spacial score (nSPS) is 17.9. The molecule has 34 heavy (non-hydrogen) atoms. The molecule has 1 amide bonds. The monoisotopic (exact) mass is 501 g/mol. The molecule has 0 saturated carbocycles. The first-order chi connectivity index (χ1) is 16.4. The number of rotatable bonds is 7. The number of hydrogen-bond acceptors (Lipinski definition) is 5. The molecule has 1 atom stereocenters. The minimum absolute atomic E-state index is 0.0152. The molecule has 1 aliphatic heterocycles. The molecule has 1 unspecified atom stereocenters. The number of sulfonamides is 1. The van der Waals surface area contributed by atoms with E-state index in [4.69, 9.17) is 4.74 Å². The molecule has 2 aromatic carbocycles. The van der Waals surface area contributed by atoms with Gasteiger partial charge >= 0.3 is 0 Å². The Morgan fingerprint density at radius 1 is 1.15 bits per heavy atom. The highest BCUT2D eigenvalue weighted by molar-refractivity contribution is 7.89. The molecule has 1 fully saturated rings. The maximum atomic E-state index is 13.1. The van der Waals surface area contributed by atoms with Crippen LogP contribution in [0.15, 0.2) is 52.4 Å². The van der Waals surface area contributed by atoms with Gasteiger partial charge < -0.3 is 9.30 Å². The van der Waals surface area contributed by atoms with E-state index in [9.17, 15) is 13.2 Å². The van der Waals surface area contributed by atoms with Gasteiger partial charge in [-0.15, -0.1) is 0 Å². The summed E-state index contributed by atoms with van der Waals surface area (Å²) >= 11 is 1.45. The smallest absolute Gasteiger partial charge is 0.279 e. The van der Waals surface area contributed by atoms with Crippen molar-refractivity contribution in [2.24, 2.45) is 4.99 Å². The van der Waals surface area contributed by atoms with E-state index in [0.29, 0.717) is 30.1 Å². The highest BCUT2D eigenvalue weighted by Crippen LogP contribution is 2.28. The van der Waals surface area contributed by atoms with Crippen molar-refractivity contribution in [2.45, 2.75) is 63.9 Å². The number of carbonyl (C=O) groups excluding carboxylic acids is 1. The molecule has 1 aliphatic rings. The highest BCUT2D eigenvalue weighted by Gasteiger charge is 2.30. The van der Waals surface area contributed by atoms with Crippen molar-refractivity contribution < 1.29 is 17.9 Å². The Morgan fingerprint density at radius 2 is 1.91 bits per heavy atom. The van der Waals surface area contributed by atoms with Gasteiger partial charge in [-0.05, 0) is 69.5 Å². The van der Waals surface area contributed by atoms with Crippen LogP contribution in [-0.4, -0.2) is 42.4 Å². The molecule has 0 spiro atoms. The number of amides is 1. The van der Waals surface area contributed by atoms with E-state index < -0.39 is 15.9 Å². The lowest BCUT2D eigenvalue weighted by atomic mass is 10.1. The summed E-state index contributed by atoms with van der Waals surface area (Å²) in [6.07, 6.45) is 3.67. The Balaban J connectivity index is 1.67. The number of ether oxygens (including phenoxy) is 1. The maximum absolute atomic E-state index is 13.1. The Morgan fingerprint density at radius 3 is 2.59 bits per heavy atom. The summed E-state index contributed by atoms with van der Waals surface area (Å²) in [7, 11) is -3.58. The van der Waals surface area contributed by atoms with Crippen LogP contribution in [0.4, 0.5) is 0 Å². The zero-order valence-electron chi connectivity index (χ0n) is 19.9. The van der Waals surface area contributed by atoms with Gasteiger partial charge in [0.15, 0.2) is 4.80 Å². The van der Waals surface area contributed by atoms with Crippen LogP contribution < -0.4 is 9.54 Å². The quantitative estimate of drug-likeness (QED) is 0.465. The Hall–Kier alpha value is -2.49. The fourth-order valence-electron chi connectivity index (χ4n) is 4.37. The van der Waals surface area contributed by atoms with Gasteiger partial charge in [0.2, 0.25) is 10.0 Å². The second-order valence-electron chi connectivity index (χ2n) is 8.47. The van der Waals surface area contributed by atoms with Gasteiger partial charge in [0.25, 0.3) is 5.91 Å². The van der Waals surface area contributed by atoms with Gasteiger partial charge in [0.05, 0.1) is 16.2 Å². The van der Waals surface area contributed by atoms with Crippen molar-refractivity contribution in [3.63, 3.8) is 0 Å². The Bertz CT molecular complexity index is 1340. The van der Waals surface area contributed by atoms with E-state index in [-0.39, 0.29) is 10.9 Å². The molecule has 9 heteroatoms. The van der Waals surface area contributed by atoms with Crippen LogP contribution in [0, 0.1) is 0 Å². The molecule has 3 aromatic rings. The van der Waals surface area contributed by atoms with Gasteiger partial charge in [-0.2, -0.15) is 9.30 Å². The van der Waals surface area contributed by atoms with Gasteiger partial charge in [-0.3, -0.25) is 4.79 Å². The average molecular weight is 502 g/mol. The lowest BCUT2D eigenvalue weighted by Gasteiger charge is -2.32. The number of hydrogen-bond donors (Lipinski definition) is 0. The number of para-hydroxylation sites is 1. The lowest BCUT2D eigenvalue weighted by molar-refractivity contribution is 0.0997. The molecular formula is C25H31N3O4S2. The van der Waals surface area contributed by atoms with E-state index in [1.807, 2.05) is 36.6 Å². The summed E-state index contributed by atoms with van der Waals surface area (Å²) in [6, 6.07) is 12.0. The number of aromatic nitrogens is 1. The van der Waals surface area contributed by atoms with Gasteiger partial charge in [-0.25, -0.2) is 8.42 Å². The van der Waals surface area contributed by atoms with Crippen LogP contribution in [0.25, 0.3) is 10.2 Å². The predicted molar refractivity (Wildman–Crippen MR) is 135 cm³/mol. The Kier molecular flexibility index (Phi) is 7.54. The molecule has 1 saturated heterocycles. The second-order valence-corrected chi connectivity index (χ2v) is 11.4. The molecule has 182 valence electrons. The van der Waals surface area contributed by atoms with E-state index in [0.717, 1.165) is 41.6 Å². The summed E-state index contributed by atoms with van der Waals surface area (Å²) in [5.74, 6) is 0.379. The van der Waals surface area contributed by atoms with Gasteiger partial charge in [0, 0.05) is 24.7 Å². The van der Waals surface area contributed by atoms with Crippen LogP contribution in [0.3, 0.4) is 0 Å². The SMILES string of the molecule is CCCn1c(=NC(=O)c2ccc(S(=O)(=O)N3CCCCC3C)cc2)sc2cccc(OCC)c21. The molecule has 4 rings (SSSR count). The van der Waals surface area contributed by atoms with Crippen LogP contribution in [0.1, 0.15) is 56.8 Å². The zero-order chi connectivity index (χ0) is 24.3. The molecule has 0 aliphatic carbocycles. The van der Waals surface area contributed by atoms with Crippen molar-refractivity contribution in [3.8, 4) is 5.75 Å². The second kappa shape index (κ2) is 10.4. The topological polar surface area (TPSA) is 81.0 Å². The largest absolute Gasteiger partial charge is 0.492 e. The van der Waals surface area contributed by atoms with Crippen molar-refractivity contribution in [3.05, 3.63) is 52.8 Å².